The fourth-order valence-electron chi connectivity index (χ4n) is 3.75. The van der Waals surface area contributed by atoms with Crippen LogP contribution in [-0.2, 0) is 12.6 Å². The van der Waals surface area contributed by atoms with Crippen molar-refractivity contribution in [1.29, 1.82) is 0 Å². The highest BCUT2D eigenvalue weighted by Crippen LogP contribution is 2.35. The monoisotopic (exact) mass is 500 g/mol. The van der Waals surface area contributed by atoms with E-state index in [0.717, 1.165) is 62.5 Å². The second kappa shape index (κ2) is 13.7. The van der Waals surface area contributed by atoms with Gasteiger partial charge in [0.25, 0.3) is 0 Å². The Labute approximate surface area is 211 Å². The topological polar surface area (TPSA) is 59.1 Å². The molecule has 0 saturated carbocycles. The van der Waals surface area contributed by atoms with E-state index in [1.807, 2.05) is 30.3 Å². The van der Waals surface area contributed by atoms with Gasteiger partial charge in [-0.3, -0.25) is 0 Å². The predicted molar refractivity (Wildman–Crippen MR) is 139 cm³/mol. The molecule has 0 saturated heterocycles. The minimum atomic E-state index is -4.59. The summed E-state index contributed by atoms with van der Waals surface area (Å²) in [6, 6.07) is 14.6. The van der Waals surface area contributed by atoms with Crippen LogP contribution in [0.4, 0.5) is 36.3 Å². The van der Waals surface area contributed by atoms with Crippen molar-refractivity contribution < 1.29 is 17.9 Å². The van der Waals surface area contributed by atoms with E-state index in [1.165, 1.54) is 6.42 Å². The van der Waals surface area contributed by atoms with Gasteiger partial charge in [-0.2, -0.15) is 18.2 Å². The Balaban J connectivity index is 1.72. The fraction of sp³-hybridized carbons (Fsp3) is 0.429. The first kappa shape index (κ1) is 27.3. The van der Waals surface area contributed by atoms with Gasteiger partial charge >= 0.3 is 6.18 Å². The number of hydrogen-bond donors (Lipinski definition) is 2. The molecule has 0 bridgehead atoms. The second-order valence-corrected chi connectivity index (χ2v) is 8.79. The molecule has 5 nitrogen and oxygen atoms in total. The SMILES string of the molecule is CCCCCCc1cccc(Nc2nc(Nc3ccc(OCCCCC)cc3)ncc2C(F)(F)F)c1. The summed E-state index contributed by atoms with van der Waals surface area (Å²) in [6.45, 7) is 4.95. The summed E-state index contributed by atoms with van der Waals surface area (Å²) >= 11 is 0. The largest absolute Gasteiger partial charge is 0.494 e. The number of hydrogen-bond acceptors (Lipinski definition) is 5. The molecule has 1 aromatic heterocycles. The molecule has 2 N–H and O–H groups in total. The summed E-state index contributed by atoms with van der Waals surface area (Å²) in [5, 5.41) is 5.84. The summed E-state index contributed by atoms with van der Waals surface area (Å²) in [7, 11) is 0. The van der Waals surface area contributed by atoms with Gasteiger partial charge in [0.05, 0.1) is 6.61 Å². The number of alkyl halides is 3. The van der Waals surface area contributed by atoms with E-state index in [2.05, 4.69) is 34.4 Å². The lowest BCUT2D eigenvalue weighted by molar-refractivity contribution is -0.137. The molecule has 3 aromatic rings. The molecule has 1 heterocycles. The molecule has 36 heavy (non-hydrogen) atoms. The highest BCUT2D eigenvalue weighted by molar-refractivity contribution is 5.63. The summed E-state index contributed by atoms with van der Waals surface area (Å²) < 4.78 is 46.7. The first-order chi connectivity index (χ1) is 17.4. The number of rotatable bonds is 14. The van der Waals surface area contributed by atoms with Crippen LogP contribution in [0.2, 0.25) is 0 Å². The zero-order valence-electron chi connectivity index (χ0n) is 21.0. The molecule has 0 spiro atoms. The van der Waals surface area contributed by atoms with Crippen molar-refractivity contribution in [2.45, 2.75) is 71.4 Å². The number of ether oxygens (including phenoxy) is 1. The number of aromatic nitrogens is 2. The molecule has 3 rings (SSSR count). The average Bonchev–Trinajstić information content (AvgIpc) is 2.85. The summed E-state index contributed by atoms with van der Waals surface area (Å²) in [5.41, 5.74) is 1.37. The van der Waals surface area contributed by atoms with E-state index in [4.69, 9.17) is 4.74 Å². The molecule has 0 radical (unpaired) electrons. The van der Waals surface area contributed by atoms with Crippen molar-refractivity contribution in [2.75, 3.05) is 17.2 Å². The van der Waals surface area contributed by atoms with Gasteiger partial charge in [0.15, 0.2) is 0 Å². The van der Waals surface area contributed by atoms with E-state index < -0.39 is 11.7 Å². The first-order valence-electron chi connectivity index (χ1n) is 12.7. The van der Waals surface area contributed by atoms with Gasteiger partial charge in [-0.25, -0.2) is 4.98 Å². The minimum absolute atomic E-state index is 0.0674. The second-order valence-electron chi connectivity index (χ2n) is 8.79. The Morgan fingerprint density at radius 3 is 2.31 bits per heavy atom. The molecular formula is C28H35F3N4O. The van der Waals surface area contributed by atoms with Gasteiger partial charge < -0.3 is 15.4 Å². The van der Waals surface area contributed by atoms with Gasteiger partial charge in [-0.15, -0.1) is 0 Å². The van der Waals surface area contributed by atoms with Crippen molar-refractivity contribution >= 4 is 23.1 Å². The van der Waals surface area contributed by atoms with Gasteiger partial charge in [0.2, 0.25) is 5.95 Å². The van der Waals surface area contributed by atoms with Crippen LogP contribution in [0.3, 0.4) is 0 Å². The number of nitrogens with one attached hydrogen (secondary N) is 2. The lowest BCUT2D eigenvalue weighted by Gasteiger charge is -2.15. The first-order valence-corrected chi connectivity index (χ1v) is 12.7. The van der Waals surface area contributed by atoms with Crippen LogP contribution in [0.15, 0.2) is 54.7 Å². The Morgan fingerprint density at radius 1 is 0.833 bits per heavy atom. The lowest BCUT2D eigenvalue weighted by atomic mass is 10.1. The van der Waals surface area contributed by atoms with Crippen LogP contribution in [0.1, 0.15) is 69.9 Å². The molecular weight excluding hydrogens is 465 g/mol. The van der Waals surface area contributed by atoms with Crippen LogP contribution in [-0.4, -0.2) is 16.6 Å². The van der Waals surface area contributed by atoms with Crippen molar-refractivity contribution in [1.82, 2.24) is 9.97 Å². The molecule has 0 atom stereocenters. The Bertz CT molecular complexity index is 1070. The van der Waals surface area contributed by atoms with Crippen LogP contribution >= 0.6 is 0 Å². The Morgan fingerprint density at radius 2 is 1.58 bits per heavy atom. The van der Waals surface area contributed by atoms with Gasteiger partial charge in [0.1, 0.15) is 17.1 Å². The molecule has 0 fully saturated rings. The zero-order chi connectivity index (χ0) is 25.8. The van der Waals surface area contributed by atoms with Crippen LogP contribution < -0.4 is 15.4 Å². The van der Waals surface area contributed by atoms with E-state index in [0.29, 0.717) is 18.0 Å². The number of halogens is 3. The third kappa shape index (κ3) is 8.73. The Kier molecular flexibility index (Phi) is 10.4. The predicted octanol–water partition coefficient (Wildman–Crippen LogP) is 8.67. The molecule has 0 unspecified atom stereocenters. The molecule has 0 amide bonds. The van der Waals surface area contributed by atoms with E-state index >= 15 is 0 Å². The third-order valence-electron chi connectivity index (χ3n) is 5.73. The van der Waals surface area contributed by atoms with E-state index in [9.17, 15) is 13.2 Å². The number of aryl methyl sites for hydroxylation is 1. The van der Waals surface area contributed by atoms with Crippen molar-refractivity contribution in [3.8, 4) is 5.75 Å². The van der Waals surface area contributed by atoms with Gasteiger partial charge in [-0.1, -0.05) is 58.1 Å². The number of nitrogens with zero attached hydrogens (tertiary/aromatic N) is 2. The smallest absolute Gasteiger partial charge is 0.421 e. The maximum atomic E-state index is 13.7. The summed E-state index contributed by atoms with van der Waals surface area (Å²) in [4.78, 5) is 8.05. The normalized spacial score (nSPS) is 11.4. The minimum Gasteiger partial charge on any atom is -0.494 e. The van der Waals surface area contributed by atoms with Crippen molar-refractivity contribution in [2.24, 2.45) is 0 Å². The molecule has 0 aliphatic rings. The van der Waals surface area contributed by atoms with E-state index in [-0.39, 0.29) is 11.8 Å². The number of unbranched alkanes of at least 4 members (excludes halogenated alkanes) is 5. The number of anilines is 4. The quantitative estimate of drug-likeness (QED) is 0.217. The van der Waals surface area contributed by atoms with Crippen LogP contribution in [0.5, 0.6) is 5.75 Å². The molecule has 0 aliphatic carbocycles. The van der Waals surface area contributed by atoms with Crippen molar-refractivity contribution in [3.05, 3.63) is 65.9 Å². The molecule has 8 heteroatoms. The molecule has 0 aliphatic heterocycles. The summed E-state index contributed by atoms with van der Waals surface area (Å²) in [5.74, 6) is 0.513. The maximum Gasteiger partial charge on any atom is 0.421 e. The number of benzene rings is 2. The fourth-order valence-corrected chi connectivity index (χ4v) is 3.75. The van der Waals surface area contributed by atoms with Gasteiger partial charge in [0, 0.05) is 17.6 Å². The van der Waals surface area contributed by atoms with Crippen LogP contribution in [0, 0.1) is 0 Å². The van der Waals surface area contributed by atoms with Crippen LogP contribution in [0.25, 0.3) is 0 Å². The lowest BCUT2D eigenvalue weighted by Crippen LogP contribution is -2.12. The highest BCUT2D eigenvalue weighted by atomic mass is 19.4. The van der Waals surface area contributed by atoms with Crippen molar-refractivity contribution in [3.63, 3.8) is 0 Å². The van der Waals surface area contributed by atoms with Gasteiger partial charge in [-0.05, 0) is 61.2 Å². The Hall–Kier alpha value is -3.29. The highest BCUT2D eigenvalue weighted by Gasteiger charge is 2.35. The summed E-state index contributed by atoms with van der Waals surface area (Å²) in [6.07, 6.45) is 4.86. The maximum absolute atomic E-state index is 13.7. The van der Waals surface area contributed by atoms with E-state index in [1.54, 1.807) is 18.2 Å². The third-order valence-corrected chi connectivity index (χ3v) is 5.73. The molecule has 2 aromatic carbocycles. The zero-order valence-corrected chi connectivity index (χ0v) is 21.0. The standard InChI is InChI=1S/C28H35F3N4O/c1-3-5-7-8-11-21-12-10-13-23(19-21)33-26-25(28(29,30)31)20-32-27(35-26)34-22-14-16-24(17-15-22)36-18-9-6-4-2/h10,12-17,19-20H,3-9,11,18H2,1-2H3,(H2,32,33,34,35). The average molecular weight is 501 g/mol. The molecule has 194 valence electrons.